The zero-order valence-electron chi connectivity index (χ0n) is 13.4. The normalized spacial score (nSPS) is 12.1. The fourth-order valence-electron chi connectivity index (χ4n) is 1.34. The van der Waals surface area contributed by atoms with Gasteiger partial charge in [0.15, 0.2) is 8.32 Å². The van der Waals surface area contributed by atoms with E-state index in [0.717, 1.165) is 25.9 Å². The van der Waals surface area contributed by atoms with Crippen molar-refractivity contribution in [1.82, 2.24) is 0 Å². The van der Waals surface area contributed by atoms with Gasteiger partial charge in [0.2, 0.25) is 0 Å². The third-order valence-electron chi connectivity index (χ3n) is 3.75. The van der Waals surface area contributed by atoms with E-state index in [0.29, 0.717) is 5.04 Å². The van der Waals surface area contributed by atoms with E-state index < -0.39 is 8.32 Å². The van der Waals surface area contributed by atoms with Gasteiger partial charge >= 0.3 is 0 Å². The number of unbranched alkanes of at least 4 members (excludes halogenated alkanes) is 4. The van der Waals surface area contributed by atoms with E-state index in [9.17, 15) is 0 Å². The van der Waals surface area contributed by atoms with Crippen LogP contribution < -0.4 is 0 Å². The fraction of sp³-hybridized carbons (Fsp3) is 0.875. The van der Waals surface area contributed by atoms with Gasteiger partial charge in [0, 0.05) is 19.4 Å². The number of rotatable bonds is 7. The lowest BCUT2D eigenvalue weighted by Crippen LogP contribution is -2.40. The van der Waals surface area contributed by atoms with Crippen LogP contribution in [0, 0.1) is 11.8 Å². The zero-order chi connectivity index (χ0) is 14.1. The minimum Gasteiger partial charge on any atom is -0.417 e. The second-order valence-electron chi connectivity index (χ2n) is 6.52. The summed E-state index contributed by atoms with van der Waals surface area (Å²) >= 11 is 0. The minimum absolute atomic E-state index is 0.318. The van der Waals surface area contributed by atoms with E-state index in [1.807, 2.05) is 0 Å². The average molecular weight is 269 g/mol. The molecule has 0 radical (unpaired) electrons. The van der Waals surface area contributed by atoms with Gasteiger partial charge in [-0.05, 0) is 31.0 Å². The van der Waals surface area contributed by atoms with Crippen LogP contribution >= 0.6 is 0 Å². The van der Waals surface area contributed by atoms with E-state index >= 15 is 0 Å². The third-order valence-corrected chi connectivity index (χ3v) is 8.28. The van der Waals surface area contributed by atoms with Crippen LogP contribution in [-0.4, -0.2) is 14.9 Å². The van der Waals surface area contributed by atoms with Crippen LogP contribution in [0.15, 0.2) is 0 Å². The highest BCUT2D eigenvalue weighted by Crippen LogP contribution is 2.36. The summed E-state index contributed by atoms with van der Waals surface area (Å²) in [6.07, 6.45) is 6.97. The Morgan fingerprint density at radius 3 is 2.00 bits per heavy atom. The van der Waals surface area contributed by atoms with Crippen molar-refractivity contribution in [2.24, 2.45) is 0 Å². The molecule has 0 spiro atoms. The topological polar surface area (TPSA) is 9.23 Å². The quantitative estimate of drug-likeness (QED) is 0.342. The summed E-state index contributed by atoms with van der Waals surface area (Å²) in [6, 6.07) is 0. The third kappa shape index (κ3) is 7.95. The molecule has 2 heteroatoms. The molecule has 0 amide bonds. The lowest BCUT2D eigenvalue weighted by molar-refractivity contribution is 0.284. The summed E-state index contributed by atoms with van der Waals surface area (Å²) in [7, 11) is -1.54. The summed E-state index contributed by atoms with van der Waals surface area (Å²) < 4.78 is 6.11. The molecule has 0 aliphatic rings. The van der Waals surface area contributed by atoms with Gasteiger partial charge in [-0.1, -0.05) is 40.5 Å². The van der Waals surface area contributed by atoms with Gasteiger partial charge in [-0.15, -0.1) is 11.8 Å². The highest BCUT2D eigenvalue weighted by molar-refractivity contribution is 6.74. The van der Waals surface area contributed by atoms with Crippen LogP contribution in [0.2, 0.25) is 18.1 Å². The van der Waals surface area contributed by atoms with Crippen molar-refractivity contribution in [3.05, 3.63) is 0 Å². The van der Waals surface area contributed by atoms with Crippen LogP contribution in [0.3, 0.4) is 0 Å². The van der Waals surface area contributed by atoms with Gasteiger partial charge in [0.25, 0.3) is 0 Å². The SMILES string of the molecule is CCCCCC#CCCCO[Si](C)(C)C(C)(C)C. The number of hydrogen-bond acceptors (Lipinski definition) is 1. The van der Waals surface area contributed by atoms with E-state index in [4.69, 9.17) is 4.43 Å². The van der Waals surface area contributed by atoms with Crippen molar-refractivity contribution in [3.63, 3.8) is 0 Å². The molecule has 1 nitrogen and oxygen atoms in total. The van der Waals surface area contributed by atoms with Gasteiger partial charge in [0.05, 0.1) is 0 Å². The Morgan fingerprint density at radius 2 is 1.50 bits per heavy atom. The predicted molar refractivity (Wildman–Crippen MR) is 84.3 cm³/mol. The van der Waals surface area contributed by atoms with Gasteiger partial charge in [-0.3, -0.25) is 0 Å². The molecule has 0 saturated carbocycles. The molecule has 0 unspecified atom stereocenters. The summed E-state index contributed by atoms with van der Waals surface area (Å²) in [4.78, 5) is 0. The molecule has 0 fully saturated rings. The van der Waals surface area contributed by atoms with E-state index in [1.165, 1.54) is 19.3 Å². The molecular weight excluding hydrogens is 236 g/mol. The molecule has 0 rings (SSSR count). The lowest BCUT2D eigenvalue weighted by atomic mass is 10.2. The number of hydrogen-bond donors (Lipinski definition) is 0. The predicted octanol–water partition coefficient (Wildman–Crippen LogP) is 5.37. The Morgan fingerprint density at radius 1 is 0.944 bits per heavy atom. The fourth-order valence-corrected chi connectivity index (χ4v) is 2.43. The molecule has 0 bridgehead atoms. The van der Waals surface area contributed by atoms with E-state index in [1.54, 1.807) is 0 Å². The van der Waals surface area contributed by atoms with Crippen LogP contribution in [0.25, 0.3) is 0 Å². The van der Waals surface area contributed by atoms with Crippen molar-refractivity contribution < 1.29 is 4.43 Å². The maximum Gasteiger partial charge on any atom is 0.191 e. The molecule has 18 heavy (non-hydrogen) atoms. The van der Waals surface area contributed by atoms with Crippen molar-refractivity contribution in [3.8, 4) is 11.8 Å². The molecule has 0 aromatic heterocycles. The second kappa shape index (κ2) is 8.77. The van der Waals surface area contributed by atoms with E-state index in [-0.39, 0.29) is 0 Å². The van der Waals surface area contributed by atoms with Crippen molar-refractivity contribution in [2.45, 2.75) is 84.4 Å². The summed E-state index contributed by atoms with van der Waals surface area (Å²) in [5.74, 6) is 6.51. The molecule has 0 aliphatic carbocycles. The Balaban J connectivity index is 3.62. The molecule has 0 saturated heterocycles. The van der Waals surface area contributed by atoms with Crippen molar-refractivity contribution in [2.75, 3.05) is 6.61 Å². The Kier molecular flexibility index (Phi) is 8.64. The van der Waals surface area contributed by atoms with Crippen molar-refractivity contribution in [1.29, 1.82) is 0 Å². The second-order valence-corrected chi connectivity index (χ2v) is 11.3. The first-order valence-electron chi connectivity index (χ1n) is 7.41. The highest BCUT2D eigenvalue weighted by Gasteiger charge is 2.36. The Labute approximate surface area is 116 Å². The van der Waals surface area contributed by atoms with Gasteiger partial charge in [-0.2, -0.15) is 0 Å². The zero-order valence-corrected chi connectivity index (χ0v) is 14.4. The molecule has 0 heterocycles. The summed E-state index contributed by atoms with van der Waals surface area (Å²) in [5, 5.41) is 0.318. The molecular formula is C16H32OSi. The van der Waals surface area contributed by atoms with Crippen LogP contribution in [0.5, 0.6) is 0 Å². The maximum absolute atomic E-state index is 6.11. The summed E-state index contributed by atoms with van der Waals surface area (Å²) in [5.41, 5.74) is 0. The molecule has 0 N–H and O–H groups in total. The van der Waals surface area contributed by atoms with Gasteiger partial charge in [0.1, 0.15) is 0 Å². The average Bonchev–Trinajstić information content (AvgIpc) is 2.25. The van der Waals surface area contributed by atoms with Crippen molar-refractivity contribution >= 4 is 8.32 Å². The monoisotopic (exact) mass is 268 g/mol. The molecule has 0 aromatic rings. The lowest BCUT2D eigenvalue weighted by Gasteiger charge is -2.36. The molecule has 0 atom stereocenters. The largest absolute Gasteiger partial charge is 0.417 e. The molecule has 0 aromatic carbocycles. The standard InChI is InChI=1S/C16H32OSi/c1-7-8-9-10-11-12-13-14-15-17-18(5,6)16(2,3)4/h7-10,13-15H2,1-6H3. The first-order chi connectivity index (χ1) is 8.31. The van der Waals surface area contributed by atoms with Crippen LogP contribution in [0.4, 0.5) is 0 Å². The van der Waals surface area contributed by atoms with Gasteiger partial charge < -0.3 is 4.43 Å². The Hall–Kier alpha value is -0.263. The van der Waals surface area contributed by atoms with Crippen LogP contribution in [-0.2, 0) is 4.43 Å². The Bertz CT molecular complexity index is 265. The minimum atomic E-state index is -1.54. The smallest absolute Gasteiger partial charge is 0.191 e. The molecule has 106 valence electrons. The summed E-state index contributed by atoms with van der Waals surface area (Å²) in [6.45, 7) is 14.6. The first-order valence-corrected chi connectivity index (χ1v) is 10.3. The van der Waals surface area contributed by atoms with E-state index in [2.05, 4.69) is 52.6 Å². The first kappa shape index (κ1) is 17.7. The van der Waals surface area contributed by atoms with Crippen LogP contribution in [0.1, 0.15) is 66.2 Å². The maximum atomic E-state index is 6.11. The van der Waals surface area contributed by atoms with Gasteiger partial charge in [-0.25, -0.2) is 0 Å². The molecule has 0 aliphatic heterocycles. The highest BCUT2D eigenvalue weighted by atomic mass is 28.4.